The number of nitrogens with one attached hydrogen (secondary N) is 1. The molecule has 0 fully saturated rings. The van der Waals surface area contributed by atoms with E-state index in [4.69, 9.17) is 9.94 Å². The first-order valence-corrected chi connectivity index (χ1v) is 6.42. The minimum absolute atomic E-state index is 0.198. The van der Waals surface area contributed by atoms with Crippen LogP contribution >= 0.6 is 0 Å². The van der Waals surface area contributed by atoms with Crippen molar-refractivity contribution in [1.29, 1.82) is 0 Å². The molecule has 0 saturated heterocycles. The molecule has 0 aliphatic heterocycles. The molecule has 0 bridgehead atoms. The molecule has 19 heavy (non-hydrogen) atoms. The van der Waals surface area contributed by atoms with Crippen LogP contribution in [0.4, 0.5) is 0 Å². The average Bonchev–Trinajstić information content (AvgIpc) is 2.40. The molecule has 1 rings (SSSR count). The lowest BCUT2D eigenvalue weighted by molar-refractivity contribution is 0.125. The number of para-hydroxylation sites is 1. The summed E-state index contributed by atoms with van der Waals surface area (Å²) in [4.78, 5) is 4.22. The Morgan fingerprint density at radius 2 is 2.16 bits per heavy atom. The number of benzene rings is 1. The van der Waals surface area contributed by atoms with Gasteiger partial charge in [0.2, 0.25) is 0 Å². The van der Waals surface area contributed by atoms with Gasteiger partial charge >= 0.3 is 0 Å². The predicted octanol–water partition coefficient (Wildman–Crippen LogP) is 2.62. The van der Waals surface area contributed by atoms with Crippen molar-refractivity contribution < 1.29 is 9.94 Å². The highest BCUT2D eigenvalue weighted by atomic mass is 16.5. The number of rotatable bonds is 8. The van der Waals surface area contributed by atoms with Gasteiger partial charge in [0.15, 0.2) is 0 Å². The van der Waals surface area contributed by atoms with Crippen LogP contribution in [0.15, 0.2) is 41.9 Å². The number of aliphatic imine (C=N–C) groups is 1. The average molecular weight is 262 g/mol. The lowest BCUT2D eigenvalue weighted by atomic mass is 10.1. The smallest absolute Gasteiger partial charge is 0.122 e. The molecule has 2 N–H and O–H groups in total. The molecule has 0 heterocycles. The zero-order chi connectivity index (χ0) is 14.1. The Balaban J connectivity index is 2.61. The highest BCUT2D eigenvalue weighted by Gasteiger charge is 2.07. The van der Waals surface area contributed by atoms with Gasteiger partial charge in [-0.3, -0.25) is 4.99 Å². The van der Waals surface area contributed by atoms with Crippen LogP contribution in [-0.4, -0.2) is 30.1 Å². The Kier molecular flexibility index (Phi) is 6.85. The first-order chi connectivity index (χ1) is 9.17. The number of ether oxygens (including phenoxy) is 1. The highest BCUT2D eigenvalue weighted by molar-refractivity contribution is 5.64. The molecule has 4 nitrogen and oxygen atoms in total. The lowest BCUT2D eigenvalue weighted by Gasteiger charge is -2.14. The summed E-state index contributed by atoms with van der Waals surface area (Å²) < 4.78 is 5.71. The van der Waals surface area contributed by atoms with E-state index in [2.05, 4.69) is 17.1 Å². The van der Waals surface area contributed by atoms with Crippen molar-refractivity contribution in [2.45, 2.75) is 32.4 Å². The first-order valence-electron chi connectivity index (χ1n) is 6.42. The van der Waals surface area contributed by atoms with Gasteiger partial charge in [-0.15, -0.1) is 6.58 Å². The normalized spacial score (nSPS) is 12.8. The summed E-state index contributed by atoms with van der Waals surface area (Å²) in [7, 11) is 0. The van der Waals surface area contributed by atoms with E-state index in [0.717, 1.165) is 17.7 Å². The van der Waals surface area contributed by atoms with E-state index in [-0.39, 0.29) is 12.1 Å². The van der Waals surface area contributed by atoms with Crippen LogP contribution in [0.25, 0.3) is 0 Å². The van der Waals surface area contributed by atoms with Crippen molar-refractivity contribution in [3.63, 3.8) is 0 Å². The molecule has 0 aromatic heterocycles. The van der Waals surface area contributed by atoms with E-state index >= 15 is 0 Å². The molecular formula is C15H22N2O2. The highest BCUT2D eigenvalue weighted by Crippen LogP contribution is 2.18. The van der Waals surface area contributed by atoms with Gasteiger partial charge in [-0.1, -0.05) is 24.3 Å². The van der Waals surface area contributed by atoms with Gasteiger partial charge in [-0.05, 0) is 31.9 Å². The fourth-order valence-corrected chi connectivity index (χ4v) is 1.54. The van der Waals surface area contributed by atoms with Crippen molar-refractivity contribution in [2.75, 3.05) is 6.61 Å². The number of hydroxylamine groups is 1. The van der Waals surface area contributed by atoms with Gasteiger partial charge in [0.05, 0.1) is 0 Å². The van der Waals surface area contributed by atoms with Crippen molar-refractivity contribution in [3.05, 3.63) is 42.5 Å². The van der Waals surface area contributed by atoms with Crippen molar-refractivity contribution in [3.8, 4) is 5.75 Å². The van der Waals surface area contributed by atoms with Crippen molar-refractivity contribution >= 4 is 6.21 Å². The van der Waals surface area contributed by atoms with E-state index in [0.29, 0.717) is 6.61 Å². The molecule has 0 spiro atoms. The third-order valence-electron chi connectivity index (χ3n) is 2.49. The van der Waals surface area contributed by atoms with Crippen molar-refractivity contribution in [2.24, 2.45) is 4.99 Å². The summed E-state index contributed by atoms with van der Waals surface area (Å²) >= 11 is 0. The van der Waals surface area contributed by atoms with Gasteiger partial charge < -0.3 is 9.94 Å². The van der Waals surface area contributed by atoms with Crippen LogP contribution in [-0.2, 0) is 6.42 Å². The molecule has 1 atom stereocenters. The zero-order valence-electron chi connectivity index (χ0n) is 11.5. The summed E-state index contributed by atoms with van der Waals surface area (Å²) in [5.74, 6) is 0.806. The Morgan fingerprint density at radius 3 is 2.79 bits per heavy atom. The van der Waals surface area contributed by atoms with Crippen LogP contribution in [0.2, 0.25) is 0 Å². The Bertz CT molecular complexity index is 416. The quantitative estimate of drug-likeness (QED) is 0.430. The molecule has 1 aromatic carbocycles. The number of nitrogens with zero attached hydrogens (tertiary/aromatic N) is 1. The molecule has 104 valence electrons. The maximum atomic E-state index is 9.05. The maximum Gasteiger partial charge on any atom is 0.122 e. The fourth-order valence-electron chi connectivity index (χ4n) is 1.54. The Hall–Kier alpha value is -1.65. The Labute approximate surface area is 114 Å². The van der Waals surface area contributed by atoms with E-state index in [1.165, 1.54) is 0 Å². The molecule has 0 aliphatic rings. The predicted molar refractivity (Wildman–Crippen MR) is 78.2 cm³/mol. The van der Waals surface area contributed by atoms with Crippen LogP contribution in [0.5, 0.6) is 5.75 Å². The third kappa shape index (κ3) is 5.68. The topological polar surface area (TPSA) is 53.8 Å². The molecule has 1 aromatic rings. The molecule has 0 amide bonds. The minimum atomic E-state index is -0.320. The summed E-state index contributed by atoms with van der Waals surface area (Å²) in [5, 5.41) is 9.05. The second-order valence-corrected chi connectivity index (χ2v) is 4.54. The molecule has 4 heteroatoms. The van der Waals surface area contributed by atoms with E-state index in [1.54, 1.807) is 6.21 Å². The van der Waals surface area contributed by atoms with Crippen LogP contribution in [0.1, 0.15) is 19.4 Å². The lowest BCUT2D eigenvalue weighted by Crippen LogP contribution is -2.34. The van der Waals surface area contributed by atoms with E-state index in [1.807, 2.05) is 44.2 Å². The maximum absolute atomic E-state index is 9.05. The zero-order valence-corrected chi connectivity index (χ0v) is 11.5. The largest absolute Gasteiger partial charge is 0.491 e. The Morgan fingerprint density at radius 1 is 1.42 bits per heavy atom. The van der Waals surface area contributed by atoms with Crippen LogP contribution < -0.4 is 10.2 Å². The number of hydrogen-bond acceptors (Lipinski definition) is 4. The minimum Gasteiger partial charge on any atom is -0.491 e. The van der Waals surface area contributed by atoms with Crippen molar-refractivity contribution in [1.82, 2.24) is 5.48 Å². The standard InChI is InChI=1S/C15H22N2O2/c1-4-7-13-8-5-6-9-15(13)19-11-14(17-18)10-16-12(2)3/h4-6,8-10,12,14,17-18H,1,7,11H2,2-3H3. The summed E-state index contributed by atoms with van der Waals surface area (Å²) in [6.07, 6.45) is 4.26. The summed E-state index contributed by atoms with van der Waals surface area (Å²) in [6, 6.07) is 7.68. The van der Waals surface area contributed by atoms with Gasteiger partial charge in [-0.2, -0.15) is 5.48 Å². The van der Waals surface area contributed by atoms with E-state index < -0.39 is 0 Å². The SMILES string of the molecule is C=CCc1ccccc1OCC(C=NC(C)C)NO. The van der Waals surface area contributed by atoms with Gasteiger partial charge in [0.25, 0.3) is 0 Å². The second kappa shape index (κ2) is 8.45. The van der Waals surface area contributed by atoms with Gasteiger partial charge in [0.1, 0.15) is 18.4 Å². The first kappa shape index (κ1) is 15.4. The van der Waals surface area contributed by atoms with Gasteiger partial charge in [0, 0.05) is 12.3 Å². The molecule has 0 radical (unpaired) electrons. The monoisotopic (exact) mass is 262 g/mol. The number of allylic oxidation sites excluding steroid dienone is 1. The third-order valence-corrected chi connectivity index (χ3v) is 2.49. The van der Waals surface area contributed by atoms with Gasteiger partial charge in [-0.25, -0.2) is 0 Å². The van der Waals surface area contributed by atoms with Crippen LogP contribution in [0, 0.1) is 0 Å². The molecule has 0 saturated carbocycles. The summed E-state index contributed by atoms with van der Waals surface area (Å²) in [5.41, 5.74) is 3.26. The van der Waals surface area contributed by atoms with E-state index in [9.17, 15) is 0 Å². The molecular weight excluding hydrogens is 240 g/mol. The number of hydrogen-bond donors (Lipinski definition) is 2. The van der Waals surface area contributed by atoms with Crippen LogP contribution in [0.3, 0.4) is 0 Å². The summed E-state index contributed by atoms with van der Waals surface area (Å²) in [6.45, 7) is 8.00. The fraction of sp³-hybridized carbons (Fsp3) is 0.400. The molecule has 1 unspecified atom stereocenters. The second-order valence-electron chi connectivity index (χ2n) is 4.54. The molecule has 0 aliphatic carbocycles.